The average Bonchev–Trinajstić information content (AvgIpc) is 2.67. The lowest BCUT2D eigenvalue weighted by atomic mass is 10.0. The van der Waals surface area contributed by atoms with Gasteiger partial charge in [0.15, 0.2) is 0 Å². The molecule has 2 atom stereocenters. The minimum atomic E-state index is 0.492. The summed E-state index contributed by atoms with van der Waals surface area (Å²) in [7, 11) is 4.19. The minimum Gasteiger partial charge on any atom is -0.381 e. The van der Waals surface area contributed by atoms with Crippen LogP contribution in [0.1, 0.15) is 39.0 Å². The molecule has 0 radical (unpaired) electrons. The Morgan fingerprint density at radius 3 is 2.85 bits per heavy atom. The first-order valence-electron chi connectivity index (χ1n) is 7.93. The number of anilines is 2. The maximum absolute atomic E-state index is 3.69. The van der Waals surface area contributed by atoms with Crippen molar-refractivity contribution in [3.05, 3.63) is 24.3 Å². The van der Waals surface area contributed by atoms with Crippen molar-refractivity contribution in [2.24, 2.45) is 0 Å². The SMILES string of the molecule is CC(CC1CCCCCN1)Nc1ccccc1N(C)C. The minimum absolute atomic E-state index is 0.492. The summed E-state index contributed by atoms with van der Waals surface area (Å²) in [4.78, 5) is 2.17. The molecular formula is C17H29N3. The Balaban J connectivity index is 1.92. The third kappa shape index (κ3) is 4.41. The van der Waals surface area contributed by atoms with Crippen molar-refractivity contribution in [1.29, 1.82) is 0 Å². The van der Waals surface area contributed by atoms with Gasteiger partial charge in [-0.3, -0.25) is 0 Å². The van der Waals surface area contributed by atoms with Gasteiger partial charge >= 0.3 is 0 Å². The average molecular weight is 275 g/mol. The third-order valence-electron chi connectivity index (χ3n) is 4.09. The second-order valence-electron chi connectivity index (χ2n) is 6.19. The molecule has 1 aromatic rings. The van der Waals surface area contributed by atoms with Gasteiger partial charge < -0.3 is 15.5 Å². The molecule has 0 amide bonds. The van der Waals surface area contributed by atoms with Gasteiger partial charge in [0.25, 0.3) is 0 Å². The van der Waals surface area contributed by atoms with Crippen LogP contribution >= 0.6 is 0 Å². The van der Waals surface area contributed by atoms with Crippen LogP contribution in [0, 0.1) is 0 Å². The van der Waals surface area contributed by atoms with Gasteiger partial charge in [0, 0.05) is 26.2 Å². The summed E-state index contributed by atoms with van der Waals surface area (Å²) >= 11 is 0. The van der Waals surface area contributed by atoms with Gasteiger partial charge in [0.2, 0.25) is 0 Å². The van der Waals surface area contributed by atoms with E-state index in [9.17, 15) is 0 Å². The normalized spacial score (nSPS) is 21.1. The highest BCUT2D eigenvalue weighted by Gasteiger charge is 2.15. The van der Waals surface area contributed by atoms with Crippen molar-refractivity contribution in [3.8, 4) is 0 Å². The van der Waals surface area contributed by atoms with E-state index in [0.29, 0.717) is 12.1 Å². The third-order valence-corrected chi connectivity index (χ3v) is 4.09. The van der Waals surface area contributed by atoms with Crippen LogP contribution in [0.25, 0.3) is 0 Å². The summed E-state index contributed by atoms with van der Waals surface area (Å²) in [5, 5.41) is 7.36. The van der Waals surface area contributed by atoms with E-state index in [1.807, 2.05) is 0 Å². The quantitative estimate of drug-likeness (QED) is 0.861. The van der Waals surface area contributed by atoms with Crippen LogP contribution in [-0.4, -0.2) is 32.7 Å². The van der Waals surface area contributed by atoms with Crippen LogP contribution in [0.15, 0.2) is 24.3 Å². The smallest absolute Gasteiger partial charge is 0.0596 e. The molecule has 3 nitrogen and oxygen atoms in total. The monoisotopic (exact) mass is 275 g/mol. The highest BCUT2D eigenvalue weighted by atomic mass is 15.1. The molecule has 0 bridgehead atoms. The first-order valence-corrected chi connectivity index (χ1v) is 7.93. The van der Waals surface area contributed by atoms with Crippen molar-refractivity contribution in [2.75, 3.05) is 30.9 Å². The summed E-state index contributed by atoms with van der Waals surface area (Å²) in [6.07, 6.45) is 6.61. The number of hydrogen-bond acceptors (Lipinski definition) is 3. The molecule has 1 saturated heterocycles. The number of benzene rings is 1. The van der Waals surface area contributed by atoms with Gasteiger partial charge in [-0.15, -0.1) is 0 Å². The maximum Gasteiger partial charge on any atom is 0.0596 e. The van der Waals surface area contributed by atoms with Crippen molar-refractivity contribution >= 4 is 11.4 Å². The van der Waals surface area contributed by atoms with Crippen LogP contribution in [0.5, 0.6) is 0 Å². The van der Waals surface area contributed by atoms with Gasteiger partial charge in [0.1, 0.15) is 0 Å². The fourth-order valence-corrected chi connectivity index (χ4v) is 3.04. The molecule has 1 fully saturated rings. The topological polar surface area (TPSA) is 27.3 Å². The molecule has 2 N–H and O–H groups in total. The van der Waals surface area contributed by atoms with Crippen molar-refractivity contribution in [1.82, 2.24) is 5.32 Å². The van der Waals surface area contributed by atoms with Gasteiger partial charge in [-0.25, -0.2) is 0 Å². The van der Waals surface area contributed by atoms with E-state index >= 15 is 0 Å². The van der Waals surface area contributed by atoms with E-state index in [4.69, 9.17) is 0 Å². The summed E-state index contributed by atoms with van der Waals surface area (Å²) in [5.41, 5.74) is 2.49. The summed E-state index contributed by atoms with van der Waals surface area (Å²) in [5.74, 6) is 0. The van der Waals surface area contributed by atoms with Gasteiger partial charge in [0.05, 0.1) is 11.4 Å². The molecule has 0 spiro atoms. The molecule has 1 aliphatic heterocycles. The van der Waals surface area contributed by atoms with Crippen molar-refractivity contribution in [2.45, 2.75) is 51.1 Å². The number of para-hydroxylation sites is 2. The van der Waals surface area contributed by atoms with Crippen molar-refractivity contribution in [3.63, 3.8) is 0 Å². The summed E-state index contributed by atoms with van der Waals surface area (Å²) in [6, 6.07) is 9.70. The first kappa shape index (κ1) is 15.2. The van der Waals surface area contributed by atoms with E-state index in [0.717, 1.165) is 0 Å². The van der Waals surface area contributed by atoms with E-state index < -0.39 is 0 Å². The van der Waals surface area contributed by atoms with Gasteiger partial charge in [-0.05, 0) is 44.9 Å². The molecule has 1 aliphatic rings. The largest absolute Gasteiger partial charge is 0.381 e. The Kier molecular flexibility index (Phi) is 5.72. The van der Waals surface area contributed by atoms with Crippen molar-refractivity contribution < 1.29 is 0 Å². The van der Waals surface area contributed by atoms with Gasteiger partial charge in [-0.1, -0.05) is 25.0 Å². The van der Waals surface area contributed by atoms with E-state index in [-0.39, 0.29) is 0 Å². The lowest BCUT2D eigenvalue weighted by Gasteiger charge is -2.25. The molecule has 1 aromatic carbocycles. The molecule has 0 aromatic heterocycles. The predicted octanol–water partition coefficient (Wildman–Crippen LogP) is 3.48. The highest BCUT2D eigenvalue weighted by Crippen LogP contribution is 2.25. The lowest BCUT2D eigenvalue weighted by Crippen LogP contribution is -2.33. The second-order valence-corrected chi connectivity index (χ2v) is 6.19. The molecule has 0 saturated carbocycles. The molecule has 0 aliphatic carbocycles. The van der Waals surface area contributed by atoms with Crippen LogP contribution in [0.2, 0.25) is 0 Å². The van der Waals surface area contributed by atoms with E-state index in [2.05, 4.69) is 60.8 Å². The van der Waals surface area contributed by atoms with Gasteiger partial charge in [-0.2, -0.15) is 0 Å². The van der Waals surface area contributed by atoms with Crippen LogP contribution in [0.4, 0.5) is 11.4 Å². The molecule has 2 rings (SSSR count). The second kappa shape index (κ2) is 7.53. The zero-order chi connectivity index (χ0) is 14.4. The first-order chi connectivity index (χ1) is 9.66. The molecule has 112 valence electrons. The zero-order valence-electron chi connectivity index (χ0n) is 13.2. The molecule has 2 unspecified atom stereocenters. The number of rotatable bonds is 5. The van der Waals surface area contributed by atoms with E-state index in [1.54, 1.807) is 0 Å². The standard InChI is InChI=1S/C17H29N3/c1-14(13-15-9-5-4-8-12-18-15)19-16-10-6-7-11-17(16)20(2)3/h6-7,10-11,14-15,18-19H,4-5,8-9,12-13H2,1-3H3. The summed E-state index contributed by atoms with van der Waals surface area (Å²) in [6.45, 7) is 3.48. The predicted molar refractivity (Wildman–Crippen MR) is 88.7 cm³/mol. The van der Waals surface area contributed by atoms with Crippen LogP contribution < -0.4 is 15.5 Å². The molecule has 20 heavy (non-hydrogen) atoms. The molecule has 3 heteroatoms. The van der Waals surface area contributed by atoms with Crippen LogP contribution in [-0.2, 0) is 0 Å². The van der Waals surface area contributed by atoms with E-state index in [1.165, 1.54) is 50.0 Å². The maximum atomic E-state index is 3.69. The molecule has 1 heterocycles. The highest BCUT2D eigenvalue weighted by molar-refractivity contribution is 5.69. The fraction of sp³-hybridized carbons (Fsp3) is 0.647. The summed E-state index contributed by atoms with van der Waals surface area (Å²) < 4.78 is 0. The lowest BCUT2D eigenvalue weighted by molar-refractivity contribution is 0.456. The Morgan fingerprint density at radius 2 is 2.05 bits per heavy atom. The Hall–Kier alpha value is -1.22. The zero-order valence-corrected chi connectivity index (χ0v) is 13.2. The Bertz CT molecular complexity index is 395. The number of nitrogens with zero attached hydrogens (tertiary/aromatic N) is 1. The fourth-order valence-electron chi connectivity index (χ4n) is 3.04. The molecular weight excluding hydrogens is 246 g/mol. The van der Waals surface area contributed by atoms with Crippen LogP contribution in [0.3, 0.4) is 0 Å². The number of hydrogen-bond donors (Lipinski definition) is 2. The Morgan fingerprint density at radius 1 is 1.25 bits per heavy atom. The number of nitrogens with one attached hydrogen (secondary N) is 2. The Labute approximate surface area is 123 Å².